The van der Waals surface area contributed by atoms with E-state index < -0.39 is 15.5 Å². The van der Waals surface area contributed by atoms with Gasteiger partial charge in [0.1, 0.15) is 34.9 Å². The Balaban J connectivity index is 1.67. The Kier molecular flexibility index (Phi) is 6.31. The van der Waals surface area contributed by atoms with Gasteiger partial charge in [-0.25, -0.2) is 8.42 Å². The van der Waals surface area contributed by atoms with E-state index in [0.29, 0.717) is 5.57 Å². The number of benzene rings is 2. The zero-order valence-corrected chi connectivity index (χ0v) is 25.4. The number of allylic oxidation sites excluding steroid dienone is 8. The number of nitrogens with zero attached hydrogens (tertiary/aromatic N) is 4. The van der Waals surface area contributed by atoms with Crippen LogP contribution in [0.2, 0.25) is 0 Å². The fourth-order valence-corrected chi connectivity index (χ4v) is 6.98. The van der Waals surface area contributed by atoms with Crippen molar-refractivity contribution in [2.24, 2.45) is 0 Å². The summed E-state index contributed by atoms with van der Waals surface area (Å²) in [7, 11) is -0.678. The number of rotatable bonds is 3. The van der Waals surface area contributed by atoms with Crippen molar-refractivity contribution in [2.75, 3.05) is 19.0 Å². The van der Waals surface area contributed by atoms with Gasteiger partial charge in [-0.15, -0.1) is 0 Å². The molecule has 0 spiro atoms. The molecule has 5 rings (SSSR count). The molecule has 0 amide bonds. The predicted octanol–water partition coefficient (Wildman–Crippen LogP) is 5.82. The largest absolute Gasteiger partial charge is 0.744 e. The summed E-state index contributed by atoms with van der Waals surface area (Å²) in [6, 6.07) is 15.0. The van der Waals surface area contributed by atoms with Gasteiger partial charge in [0, 0.05) is 47.1 Å². The summed E-state index contributed by atoms with van der Waals surface area (Å²) in [6.07, 6.45) is 4.08. The molecule has 0 N–H and O–H groups in total. The Morgan fingerprint density at radius 2 is 1.63 bits per heavy atom. The molecule has 7 nitrogen and oxygen atoms in total. The number of nitriles is 2. The van der Waals surface area contributed by atoms with E-state index in [2.05, 4.69) is 62.1 Å². The summed E-state index contributed by atoms with van der Waals surface area (Å²) >= 11 is 0. The highest BCUT2D eigenvalue weighted by Gasteiger charge is 2.45. The zero-order valence-electron chi connectivity index (χ0n) is 24.5. The predicted molar refractivity (Wildman–Crippen MR) is 158 cm³/mol. The lowest BCUT2D eigenvalue weighted by molar-refractivity contribution is -0.401. The van der Waals surface area contributed by atoms with Gasteiger partial charge in [-0.05, 0) is 74.3 Å². The van der Waals surface area contributed by atoms with Crippen LogP contribution in [-0.2, 0) is 20.9 Å². The van der Waals surface area contributed by atoms with E-state index in [4.69, 9.17) is 0 Å². The van der Waals surface area contributed by atoms with Crippen molar-refractivity contribution < 1.29 is 17.5 Å². The van der Waals surface area contributed by atoms with Crippen molar-refractivity contribution in [3.05, 3.63) is 98.8 Å². The molecule has 0 atom stereocenters. The first kappa shape index (κ1) is 28.3. The minimum Gasteiger partial charge on any atom is -0.744 e. The second-order valence-electron chi connectivity index (χ2n) is 12.0. The van der Waals surface area contributed by atoms with E-state index in [0.717, 1.165) is 45.1 Å². The Hall–Kier alpha value is -4.24. The molecule has 2 aliphatic heterocycles. The second kappa shape index (κ2) is 9.14. The molecule has 208 valence electrons. The van der Waals surface area contributed by atoms with Crippen LogP contribution in [0.5, 0.6) is 0 Å². The fourth-order valence-electron chi connectivity index (χ4n) is 6.48. The van der Waals surface area contributed by atoms with Gasteiger partial charge in [0.25, 0.3) is 0 Å². The van der Waals surface area contributed by atoms with Crippen molar-refractivity contribution in [1.29, 1.82) is 10.5 Å². The molecule has 0 saturated carbocycles. The molecule has 0 unspecified atom stereocenters. The summed E-state index contributed by atoms with van der Waals surface area (Å²) in [6.45, 7) is 12.4. The standard InChI is InChI=1S/C33H32N4O3S/c1-19-9-11-27-25(13-19)32(3,4)29(36(27)7)15-23-20(2)24(31(23)21(17-34)18-35)16-30-33(5,6)26-14-22(41(38,39)40)10-12-28(26)37(30)8/h9-16H,1-8H3. The highest BCUT2D eigenvalue weighted by Crippen LogP contribution is 2.51. The molecule has 2 aromatic carbocycles. The Morgan fingerprint density at radius 3 is 2.24 bits per heavy atom. The third-order valence-corrected chi connectivity index (χ3v) is 9.70. The number of anilines is 1. The highest BCUT2D eigenvalue weighted by molar-refractivity contribution is 7.85. The van der Waals surface area contributed by atoms with Crippen LogP contribution in [0.1, 0.15) is 51.3 Å². The number of aryl methyl sites for hydroxylation is 1. The second-order valence-corrected chi connectivity index (χ2v) is 13.4. The first-order valence-electron chi connectivity index (χ1n) is 13.3. The molecule has 41 heavy (non-hydrogen) atoms. The van der Waals surface area contributed by atoms with E-state index in [1.165, 1.54) is 23.3 Å². The lowest BCUT2D eigenvalue weighted by Crippen LogP contribution is -2.29. The quantitative estimate of drug-likeness (QED) is 0.264. The van der Waals surface area contributed by atoms with Gasteiger partial charge in [0.15, 0.2) is 5.71 Å². The van der Waals surface area contributed by atoms with Gasteiger partial charge >= 0.3 is 0 Å². The summed E-state index contributed by atoms with van der Waals surface area (Å²) in [4.78, 5) is 1.91. The van der Waals surface area contributed by atoms with Crippen molar-refractivity contribution in [1.82, 2.24) is 0 Å². The topological polar surface area (TPSA) is 111 Å². The average molecular weight is 565 g/mol. The van der Waals surface area contributed by atoms with E-state index >= 15 is 0 Å². The van der Waals surface area contributed by atoms with E-state index in [1.807, 2.05) is 45.5 Å². The van der Waals surface area contributed by atoms with Crippen LogP contribution in [0.4, 0.5) is 11.4 Å². The smallest absolute Gasteiger partial charge is 0.209 e. The summed E-state index contributed by atoms with van der Waals surface area (Å²) in [5.41, 5.74) is 9.34. The van der Waals surface area contributed by atoms with Crippen LogP contribution in [-0.4, -0.2) is 37.4 Å². The Labute approximate surface area is 242 Å². The molecule has 2 aromatic rings. The molecule has 3 aliphatic rings. The van der Waals surface area contributed by atoms with E-state index in [-0.39, 0.29) is 15.9 Å². The molecule has 0 aromatic heterocycles. The Morgan fingerprint density at radius 1 is 0.976 bits per heavy atom. The summed E-state index contributed by atoms with van der Waals surface area (Å²) in [5.74, 6) is 0. The van der Waals surface area contributed by atoms with Gasteiger partial charge in [0.05, 0.1) is 10.3 Å². The van der Waals surface area contributed by atoms with Crippen molar-refractivity contribution in [3.63, 3.8) is 0 Å². The van der Waals surface area contributed by atoms with Crippen LogP contribution in [0.15, 0.2) is 87.0 Å². The lowest BCUT2D eigenvalue weighted by atomic mass is 9.72. The van der Waals surface area contributed by atoms with Crippen molar-refractivity contribution in [2.45, 2.75) is 57.3 Å². The first-order chi connectivity index (χ1) is 19.0. The maximum Gasteiger partial charge on any atom is 0.209 e. The maximum atomic E-state index is 11.7. The van der Waals surface area contributed by atoms with E-state index in [1.54, 1.807) is 6.07 Å². The summed E-state index contributed by atoms with van der Waals surface area (Å²) in [5, 5.41) is 19.8. The molecule has 0 fully saturated rings. The van der Waals surface area contributed by atoms with Gasteiger partial charge < -0.3 is 9.45 Å². The van der Waals surface area contributed by atoms with Crippen molar-refractivity contribution in [3.8, 4) is 12.1 Å². The number of hydrogen-bond acceptors (Lipinski definition) is 6. The molecule has 0 saturated heterocycles. The maximum absolute atomic E-state index is 11.7. The molecule has 1 aliphatic carbocycles. The highest BCUT2D eigenvalue weighted by atomic mass is 32.2. The normalized spacial score (nSPS) is 20.7. The SMILES string of the molecule is CC1=C(C=C2N(C)c3ccc(C)cc3C2(C)C)C(=C(C#N)C#N)C1=CC1=[N+](C)c2ccc(S(=O)(=O)[O-])cc2C1(C)C. The monoisotopic (exact) mass is 564 g/mol. The van der Waals surface area contributed by atoms with Gasteiger partial charge in [-0.3, -0.25) is 0 Å². The van der Waals surface area contributed by atoms with Crippen LogP contribution >= 0.6 is 0 Å². The minimum atomic E-state index is -4.61. The fraction of sp³-hybridized carbons (Fsp3) is 0.303. The van der Waals surface area contributed by atoms with Gasteiger partial charge in [-0.2, -0.15) is 15.1 Å². The van der Waals surface area contributed by atoms with Crippen LogP contribution in [0, 0.1) is 29.6 Å². The Bertz CT molecular complexity index is 1900. The molecule has 0 radical (unpaired) electrons. The van der Waals surface area contributed by atoms with Crippen molar-refractivity contribution >= 4 is 27.2 Å². The minimum absolute atomic E-state index is 0.0387. The molecular weight excluding hydrogens is 532 g/mol. The lowest BCUT2D eigenvalue weighted by Gasteiger charge is -2.31. The van der Waals surface area contributed by atoms with Crippen LogP contribution in [0.3, 0.4) is 0 Å². The average Bonchev–Trinajstić information content (AvgIpc) is 3.21. The number of fused-ring (bicyclic) bond motifs is 2. The number of likely N-dealkylation sites (N-methyl/N-ethyl adjacent to an activating group) is 1. The molecular formula is C33H32N4O3S. The number of hydrogen-bond donors (Lipinski definition) is 0. The molecule has 0 bridgehead atoms. The van der Waals surface area contributed by atoms with Crippen LogP contribution < -0.4 is 4.90 Å². The van der Waals surface area contributed by atoms with Gasteiger partial charge in [0.2, 0.25) is 5.69 Å². The summed E-state index contributed by atoms with van der Waals surface area (Å²) < 4.78 is 37.2. The molecule has 8 heteroatoms. The molecule has 2 heterocycles. The first-order valence-corrected chi connectivity index (χ1v) is 14.7. The third kappa shape index (κ3) is 4.10. The third-order valence-electron chi connectivity index (χ3n) is 8.86. The van der Waals surface area contributed by atoms with Gasteiger partial charge in [-0.1, -0.05) is 31.5 Å². The zero-order chi connectivity index (χ0) is 30.2. The van der Waals surface area contributed by atoms with E-state index in [9.17, 15) is 23.5 Å². The van der Waals surface area contributed by atoms with Crippen LogP contribution in [0.25, 0.3) is 0 Å².